The number of hydrogen-bond acceptors (Lipinski definition) is 4. The largest absolute Gasteiger partial charge is 0.350 e. The van der Waals surface area contributed by atoms with Crippen LogP contribution < -0.4 is 10.9 Å². The molecule has 108 valence electrons. The minimum atomic E-state index is -0.351. The highest BCUT2D eigenvalue weighted by Crippen LogP contribution is 2.19. The first-order valence-electron chi connectivity index (χ1n) is 6.60. The summed E-state index contributed by atoms with van der Waals surface area (Å²) in [6.45, 7) is 5.04. The van der Waals surface area contributed by atoms with Crippen molar-refractivity contribution in [1.29, 1.82) is 0 Å². The van der Waals surface area contributed by atoms with Gasteiger partial charge < -0.3 is 10.2 Å². The number of H-pyrrole nitrogens is 1. The minimum absolute atomic E-state index is 0.122. The number of aromatic nitrogens is 2. The van der Waals surface area contributed by atoms with Gasteiger partial charge in [-0.15, -0.1) is 0 Å². The minimum Gasteiger partial charge on any atom is -0.350 e. The van der Waals surface area contributed by atoms with Crippen LogP contribution >= 0.6 is 0 Å². The van der Waals surface area contributed by atoms with Gasteiger partial charge in [-0.1, -0.05) is 0 Å². The average Bonchev–Trinajstić information content (AvgIpc) is 2.78. The zero-order chi connectivity index (χ0) is 14.7. The highest BCUT2D eigenvalue weighted by molar-refractivity contribution is 5.92. The van der Waals surface area contributed by atoms with E-state index < -0.39 is 0 Å². The van der Waals surface area contributed by atoms with Crippen molar-refractivity contribution in [2.75, 3.05) is 13.1 Å². The summed E-state index contributed by atoms with van der Waals surface area (Å²) >= 11 is 0. The van der Waals surface area contributed by atoms with Gasteiger partial charge in [0.15, 0.2) is 0 Å². The Morgan fingerprint density at radius 1 is 1.50 bits per heavy atom. The zero-order valence-electron chi connectivity index (χ0n) is 11.5. The van der Waals surface area contributed by atoms with Crippen molar-refractivity contribution in [1.82, 2.24) is 20.4 Å². The molecule has 1 fully saturated rings. The normalized spacial score (nSPS) is 18.6. The molecule has 1 aliphatic rings. The number of nitrogens with zero attached hydrogens (tertiary/aromatic N) is 2. The lowest BCUT2D eigenvalue weighted by atomic mass is 10.1. The molecule has 1 saturated heterocycles. The van der Waals surface area contributed by atoms with E-state index in [1.807, 2.05) is 18.7 Å². The molecule has 2 amide bonds. The van der Waals surface area contributed by atoms with Crippen LogP contribution in [0.1, 0.15) is 30.8 Å². The maximum absolute atomic E-state index is 11.8. The van der Waals surface area contributed by atoms with Gasteiger partial charge in [0.2, 0.25) is 5.91 Å². The van der Waals surface area contributed by atoms with Crippen molar-refractivity contribution in [2.45, 2.75) is 26.3 Å². The fourth-order valence-corrected chi connectivity index (χ4v) is 2.24. The summed E-state index contributed by atoms with van der Waals surface area (Å²) in [5.74, 6) is -0.102. The molecule has 1 aromatic heterocycles. The Labute approximate surface area is 116 Å². The van der Waals surface area contributed by atoms with E-state index in [9.17, 15) is 14.4 Å². The Balaban J connectivity index is 1.87. The van der Waals surface area contributed by atoms with Gasteiger partial charge in [0.25, 0.3) is 11.5 Å². The van der Waals surface area contributed by atoms with E-state index in [-0.39, 0.29) is 35.0 Å². The highest BCUT2D eigenvalue weighted by Gasteiger charge is 2.31. The highest BCUT2D eigenvalue weighted by atomic mass is 16.2. The molecule has 0 saturated carbocycles. The van der Waals surface area contributed by atoms with Crippen LogP contribution in [0.15, 0.2) is 16.9 Å². The van der Waals surface area contributed by atoms with Crippen LogP contribution in [0.5, 0.6) is 0 Å². The molecule has 0 radical (unpaired) electrons. The molecule has 2 rings (SSSR count). The molecule has 0 spiro atoms. The standard InChI is InChI=1S/C13H18N4O3/c1-8(2)17-7-9(5-12(17)19)6-14-13(20)10-3-4-11(18)16-15-10/h3-4,8-9H,5-7H2,1-2H3,(H,14,20)(H,16,18). The van der Waals surface area contributed by atoms with Gasteiger partial charge in [0.1, 0.15) is 5.69 Å². The lowest BCUT2D eigenvalue weighted by Crippen LogP contribution is -2.34. The average molecular weight is 278 g/mol. The first-order chi connectivity index (χ1) is 9.47. The fourth-order valence-electron chi connectivity index (χ4n) is 2.24. The third-order valence-electron chi connectivity index (χ3n) is 3.32. The van der Waals surface area contributed by atoms with Gasteiger partial charge in [0, 0.05) is 37.5 Å². The number of hydrogen-bond donors (Lipinski definition) is 2. The van der Waals surface area contributed by atoms with Gasteiger partial charge in [-0.2, -0.15) is 5.10 Å². The summed E-state index contributed by atoms with van der Waals surface area (Å²) < 4.78 is 0. The predicted molar refractivity (Wildman–Crippen MR) is 72.1 cm³/mol. The molecule has 0 aromatic carbocycles. The van der Waals surface area contributed by atoms with E-state index in [0.29, 0.717) is 19.5 Å². The second-order valence-electron chi connectivity index (χ2n) is 5.23. The monoisotopic (exact) mass is 278 g/mol. The van der Waals surface area contributed by atoms with Gasteiger partial charge in [-0.25, -0.2) is 5.10 Å². The molecule has 2 heterocycles. The maximum atomic E-state index is 11.8. The number of carbonyl (C=O) groups is 2. The molecule has 1 atom stereocenters. The van der Waals surface area contributed by atoms with Crippen LogP contribution in [0.3, 0.4) is 0 Å². The van der Waals surface area contributed by atoms with Crippen LogP contribution in [-0.2, 0) is 4.79 Å². The Hall–Kier alpha value is -2.18. The van der Waals surface area contributed by atoms with E-state index in [2.05, 4.69) is 15.5 Å². The molecule has 2 N–H and O–H groups in total. The molecule has 1 unspecified atom stereocenters. The van der Waals surface area contributed by atoms with Crippen molar-refractivity contribution >= 4 is 11.8 Å². The van der Waals surface area contributed by atoms with E-state index in [1.165, 1.54) is 12.1 Å². The second-order valence-corrected chi connectivity index (χ2v) is 5.23. The third kappa shape index (κ3) is 3.23. The van der Waals surface area contributed by atoms with Gasteiger partial charge in [0.05, 0.1) is 0 Å². The summed E-state index contributed by atoms with van der Waals surface area (Å²) in [6, 6.07) is 2.81. The lowest BCUT2D eigenvalue weighted by Gasteiger charge is -2.21. The summed E-state index contributed by atoms with van der Waals surface area (Å²) in [4.78, 5) is 36.2. The number of likely N-dealkylation sites (tertiary alicyclic amines) is 1. The Kier molecular flexibility index (Phi) is 4.16. The number of carbonyl (C=O) groups excluding carboxylic acids is 2. The first-order valence-corrected chi connectivity index (χ1v) is 6.60. The number of nitrogens with one attached hydrogen (secondary N) is 2. The van der Waals surface area contributed by atoms with Crippen LogP contribution in [0.4, 0.5) is 0 Å². The zero-order valence-corrected chi connectivity index (χ0v) is 11.5. The van der Waals surface area contributed by atoms with E-state index >= 15 is 0 Å². The van der Waals surface area contributed by atoms with Crippen molar-refractivity contribution in [2.24, 2.45) is 5.92 Å². The first kappa shape index (κ1) is 14.2. The van der Waals surface area contributed by atoms with E-state index in [4.69, 9.17) is 0 Å². The predicted octanol–water partition coefficient (Wildman–Crippen LogP) is -0.243. The summed E-state index contributed by atoms with van der Waals surface area (Å²) in [5, 5.41) is 8.60. The molecule has 1 aliphatic heterocycles. The fraction of sp³-hybridized carbons (Fsp3) is 0.538. The Bertz CT molecular complexity index is 546. The molecular weight excluding hydrogens is 260 g/mol. The number of rotatable bonds is 4. The van der Waals surface area contributed by atoms with E-state index in [1.54, 1.807) is 0 Å². The quantitative estimate of drug-likeness (QED) is 0.794. The molecular formula is C13H18N4O3. The van der Waals surface area contributed by atoms with Crippen molar-refractivity contribution in [3.63, 3.8) is 0 Å². The van der Waals surface area contributed by atoms with Crippen LogP contribution in [0, 0.1) is 5.92 Å². The topological polar surface area (TPSA) is 95.2 Å². The summed E-state index contributed by atoms with van der Waals surface area (Å²) in [7, 11) is 0. The van der Waals surface area contributed by atoms with Crippen molar-refractivity contribution in [3.05, 3.63) is 28.2 Å². The molecule has 7 nitrogen and oxygen atoms in total. The number of aromatic amines is 1. The van der Waals surface area contributed by atoms with Gasteiger partial charge in [-0.05, 0) is 19.9 Å². The smallest absolute Gasteiger partial charge is 0.271 e. The SMILES string of the molecule is CC(C)N1CC(CNC(=O)c2ccc(=O)[nH]n2)CC1=O. The van der Waals surface area contributed by atoms with E-state index in [0.717, 1.165) is 0 Å². The summed E-state index contributed by atoms with van der Waals surface area (Å²) in [6.07, 6.45) is 0.456. The third-order valence-corrected chi connectivity index (χ3v) is 3.32. The molecule has 20 heavy (non-hydrogen) atoms. The van der Waals surface area contributed by atoms with Crippen molar-refractivity contribution in [3.8, 4) is 0 Å². The van der Waals surface area contributed by atoms with Gasteiger partial charge in [-0.3, -0.25) is 14.4 Å². The molecule has 0 bridgehead atoms. The Morgan fingerprint density at radius 2 is 2.25 bits per heavy atom. The van der Waals surface area contributed by atoms with Gasteiger partial charge >= 0.3 is 0 Å². The Morgan fingerprint density at radius 3 is 2.80 bits per heavy atom. The molecule has 7 heteroatoms. The van der Waals surface area contributed by atoms with Crippen LogP contribution in [0.2, 0.25) is 0 Å². The summed E-state index contributed by atoms with van der Waals surface area (Å²) in [5.41, 5.74) is -0.190. The molecule has 0 aliphatic carbocycles. The van der Waals surface area contributed by atoms with Crippen LogP contribution in [0.25, 0.3) is 0 Å². The molecule has 1 aromatic rings. The maximum Gasteiger partial charge on any atom is 0.271 e. The van der Waals surface area contributed by atoms with Crippen LogP contribution in [-0.4, -0.2) is 46.0 Å². The number of amides is 2. The second kappa shape index (κ2) is 5.85. The lowest BCUT2D eigenvalue weighted by molar-refractivity contribution is -0.129. The van der Waals surface area contributed by atoms with Crippen molar-refractivity contribution < 1.29 is 9.59 Å².